The number of oxazole rings is 1. The first-order valence-corrected chi connectivity index (χ1v) is 14.5. The van der Waals surface area contributed by atoms with Crippen LogP contribution in [0.15, 0.2) is 46.9 Å². The number of pyridine rings is 2. The maximum Gasteiger partial charge on any atom is 0.354 e. The molecule has 1 atom stereocenters. The Bertz CT molecular complexity index is 1810. The van der Waals surface area contributed by atoms with E-state index in [0.29, 0.717) is 52.7 Å². The van der Waals surface area contributed by atoms with Crippen molar-refractivity contribution in [3.05, 3.63) is 76.9 Å². The summed E-state index contributed by atoms with van der Waals surface area (Å²) in [6.07, 6.45) is 2.88. The van der Waals surface area contributed by atoms with Gasteiger partial charge < -0.3 is 23.6 Å². The van der Waals surface area contributed by atoms with Gasteiger partial charge in [-0.1, -0.05) is 6.07 Å². The van der Waals surface area contributed by atoms with Crippen molar-refractivity contribution in [1.82, 2.24) is 29.4 Å². The molecular weight excluding hydrogens is 555 g/mol. The van der Waals surface area contributed by atoms with Crippen LogP contribution in [0.1, 0.15) is 58.6 Å². The van der Waals surface area contributed by atoms with Crippen LogP contribution in [0.3, 0.4) is 0 Å². The van der Waals surface area contributed by atoms with Crippen LogP contribution in [0.25, 0.3) is 22.3 Å². The topological polar surface area (TPSA) is 129 Å². The molecule has 1 aromatic carbocycles. The number of carbonyl (C=O) groups is 1. The van der Waals surface area contributed by atoms with Crippen molar-refractivity contribution in [2.24, 2.45) is 0 Å². The van der Waals surface area contributed by atoms with Gasteiger partial charge in [-0.15, -0.1) is 0 Å². The van der Waals surface area contributed by atoms with E-state index in [9.17, 15) is 14.3 Å². The molecule has 7 rings (SSSR count). The predicted octanol–water partition coefficient (Wildman–Crippen LogP) is 4.86. The molecule has 0 aliphatic carbocycles. The predicted molar refractivity (Wildman–Crippen MR) is 153 cm³/mol. The third kappa shape index (κ3) is 5.67. The molecule has 2 aliphatic heterocycles. The highest BCUT2D eigenvalue weighted by Crippen LogP contribution is 2.30. The second-order valence-electron chi connectivity index (χ2n) is 11.1. The summed E-state index contributed by atoms with van der Waals surface area (Å²) in [5.41, 5.74) is 3.62. The summed E-state index contributed by atoms with van der Waals surface area (Å²) in [6.45, 7) is 5.45. The van der Waals surface area contributed by atoms with Gasteiger partial charge in [-0.3, -0.25) is 4.90 Å². The first-order valence-electron chi connectivity index (χ1n) is 14.5. The Morgan fingerprint density at radius 3 is 2.67 bits per heavy atom. The van der Waals surface area contributed by atoms with Crippen molar-refractivity contribution in [3.8, 4) is 5.88 Å². The molecule has 43 heavy (non-hydrogen) atoms. The van der Waals surface area contributed by atoms with Gasteiger partial charge in [-0.25, -0.2) is 29.1 Å². The van der Waals surface area contributed by atoms with E-state index in [0.717, 1.165) is 50.5 Å². The SMILES string of the molecule is Cc1nc2cc(F)c(COc3cccc(C4CCN(Cc5nc6ccc(C(=O)O)nc6n5C[C@@H]5CCO5)CC4)n3)cc2o1. The van der Waals surface area contributed by atoms with Crippen LogP contribution in [0.4, 0.5) is 4.39 Å². The van der Waals surface area contributed by atoms with E-state index < -0.39 is 11.8 Å². The minimum absolute atomic E-state index is 0.00497. The van der Waals surface area contributed by atoms with Crippen LogP contribution in [-0.2, 0) is 24.4 Å². The van der Waals surface area contributed by atoms with Gasteiger partial charge in [0.15, 0.2) is 22.8 Å². The number of halogens is 1. The van der Waals surface area contributed by atoms with Crippen LogP contribution in [0, 0.1) is 12.7 Å². The fourth-order valence-corrected chi connectivity index (χ4v) is 5.81. The molecule has 0 unspecified atom stereocenters. The van der Waals surface area contributed by atoms with E-state index in [-0.39, 0.29) is 24.3 Å². The highest BCUT2D eigenvalue weighted by molar-refractivity contribution is 5.88. The van der Waals surface area contributed by atoms with Gasteiger partial charge in [-0.05, 0) is 56.6 Å². The molecular formula is C31H31FN6O5. The second-order valence-corrected chi connectivity index (χ2v) is 11.1. The quantitative estimate of drug-likeness (QED) is 0.256. The van der Waals surface area contributed by atoms with Gasteiger partial charge in [-0.2, -0.15) is 0 Å². The minimum atomic E-state index is -1.06. The number of likely N-dealkylation sites (tertiary alicyclic amines) is 1. The fraction of sp³-hybridized carbons (Fsp3) is 0.387. The first kappa shape index (κ1) is 27.4. The molecule has 5 aromatic rings. The third-order valence-electron chi connectivity index (χ3n) is 8.23. The monoisotopic (exact) mass is 586 g/mol. The lowest BCUT2D eigenvalue weighted by Gasteiger charge is -2.32. The van der Waals surface area contributed by atoms with E-state index in [1.54, 1.807) is 25.1 Å². The Morgan fingerprint density at radius 2 is 1.91 bits per heavy atom. The summed E-state index contributed by atoms with van der Waals surface area (Å²) in [7, 11) is 0. The number of aromatic carboxylic acids is 1. The van der Waals surface area contributed by atoms with Crippen LogP contribution in [0.2, 0.25) is 0 Å². The summed E-state index contributed by atoms with van der Waals surface area (Å²) < 4.78 is 33.7. The van der Waals surface area contributed by atoms with Crippen molar-refractivity contribution in [1.29, 1.82) is 0 Å². The number of piperidine rings is 1. The van der Waals surface area contributed by atoms with Crippen molar-refractivity contribution >= 4 is 28.2 Å². The third-order valence-corrected chi connectivity index (χ3v) is 8.23. The second kappa shape index (κ2) is 11.3. The number of carboxylic acids is 1. The zero-order valence-electron chi connectivity index (χ0n) is 23.7. The van der Waals surface area contributed by atoms with Gasteiger partial charge in [0, 0.05) is 42.8 Å². The number of imidazole rings is 1. The molecule has 11 nitrogen and oxygen atoms in total. The van der Waals surface area contributed by atoms with Gasteiger partial charge in [0.25, 0.3) is 0 Å². The van der Waals surface area contributed by atoms with E-state index in [1.807, 2.05) is 16.7 Å². The molecule has 1 N–H and O–H groups in total. The Kier molecular flexibility index (Phi) is 7.23. The van der Waals surface area contributed by atoms with Crippen molar-refractivity contribution in [2.45, 2.75) is 57.9 Å². The lowest BCUT2D eigenvalue weighted by Crippen LogP contribution is -2.35. The number of rotatable bonds is 9. The molecule has 0 amide bonds. The summed E-state index contributed by atoms with van der Waals surface area (Å²) >= 11 is 0. The zero-order valence-corrected chi connectivity index (χ0v) is 23.7. The molecule has 222 valence electrons. The van der Waals surface area contributed by atoms with Crippen molar-refractivity contribution in [2.75, 3.05) is 19.7 Å². The summed E-state index contributed by atoms with van der Waals surface area (Å²) in [5.74, 6) is 0.618. The maximum atomic E-state index is 14.6. The molecule has 2 fully saturated rings. The number of ether oxygens (including phenoxy) is 2. The number of hydrogen-bond donors (Lipinski definition) is 1. The van der Waals surface area contributed by atoms with E-state index in [4.69, 9.17) is 23.9 Å². The molecule has 0 bridgehead atoms. The molecule has 2 aliphatic rings. The summed E-state index contributed by atoms with van der Waals surface area (Å²) in [6, 6.07) is 11.9. The highest BCUT2D eigenvalue weighted by atomic mass is 19.1. The summed E-state index contributed by atoms with van der Waals surface area (Å²) in [4.78, 5) is 32.0. The Balaban J connectivity index is 1.01. The highest BCUT2D eigenvalue weighted by Gasteiger charge is 2.26. The van der Waals surface area contributed by atoms with E-state index in [1.165, 1.54) is 12.1 Å². The van der Waals surface area contributed by atoms with Crippen molar-refractivity contribution < 1.29 is 28.2 Å². The number of hydrogen-bond acceptors (Lipinski definition) is 9. The normalized spacial score (nSPS) is 17.9. The van der Waals surface area contributed by atoms with Crippen LogP contribution in [0.5, 0.6) is 5.88 Å². The number of aryl methyl sites for hydroxylation is 1. The summed E-state index contributed by atoms with van der Waals surface area (Å²) in [5, 5.41) is 9.45. The molecule has 0 spiro atoms. The molecule has 0 saturated carbocycles. The smallest absolute Gasteiger partial charge is 0.354 e. The van der Waals surface area contributed by atoms with E-state index >= 15 is 0 Å². The number of nitrogens with zero attached hydrogens (tertiary/aromatic N) is 6. The Hall–Kier alpha value is -4.42. The fourth-order valence-electron chi connectivity index (χ4n) is 5.81. The van der Waals surface area contributed by atoms with Gasteiger partial charge in [0.2, 0.25) is 5.88 Å². The Morgan fingerprint density at radius 1 is 1.07 bits per heavy atom. The van der Waals surface area contributed by atoms with Crippen LogP contribution in [-0.4, -0.2) is 66.3 Å². The number of aromatic nitrogens is 5. The maximum absolute atomic E-state index is 14.6. The minimum Gasteiger partial charge on any atom is -0.477 e. The number of fused-ring (bicyclic) bond motifs is 2. The largest absolute Gasteiger partial charge is 0.477 e. The molecule has 4 aromatic heterocycles. The number of carboxylic acid groups (broad SMARTS) is 1. The van der Waals surface area contributed by atoms with Gasteiger partial charge >= 0.3 is 5.97 Å². The van der Waals surface area contributed by atoms with Crippen LogP contribution < -0.4 is 4.74 Å². The average molecular weight is 587 g/mol. The standard InChI is InChI=1S/C31H31FN6O5/c1-18-33-26-14-22(32)20(13-27(26)43-18)17-42-29-4-2-3-23(35-29)19-7-10-37(11-8-19)16-28-34-24-5-6-25(31(39)40)36-30(24)38(28)15-21-9-12-41-21/h2-6,13-14,19,21H,7-12,15-17H2,1H3,(H,39,40)/t21-/m0/s1. The molecule has 2 saturated heterocycles. The first-order chi connectivity index (χ1) is 20.9. The average Bonchev–Trinajstić information content (AvgIpc) is 3.51. The van der Waals surface area contributed by atoms with Gasteiger partial charge in [0.1, 0.15) is 29.3 Å². The lowest BCUT2D eigenvalue weighted by molar-refractivity contribution is -0.0593. The lowest BCUT2D eigenvalue weighted by atomic mass is 9.93. The van der Waals surface area contributed by atoms with E-state index in [2.05, 4.69) is 14.9 Å². The van der Waals surface area contributed by atoms with Crippen LogP contribution >= 0.6 is 0 Å². The molecule has 6 heterocycles. The Labute approximate surface area is 246 Å². The molecule has 0 radical (unpaired) electrons. The van der Waals surface area contributed by atoms with Crippen molar-refractivity contribution in [3.63, 3.8) is 0 Å². The zero-order chi connectivity index (χ0) is 29.5. The molecule has 12 heteroatoms. The van der Waals surface area contributed by atoms with Gasteiger partial charge in [0.05, 0.1) is 19.2 Å². The number of benzene rings is 1.